The average molecular weight is 914 g/mol. The van der Waals surface area contributed by atoms with Gasteiger partial charge in [0.05, 0.1) is 17.6 Å². The zero-order valence-electron chi connectivity index (χ0n) is 34.5. The van der Waals surface area contributed by atoms with Crippen molar-refractivity contribution >= 4 is 90.2 Å². The van der Waals surface area contributed by atoms with Crippen molar-refractivity contribution in [2.45, 2.75) is 83.8 Å². The molecule has 2 aromatic carbocycles. The van der Waals surface area contributed by atoms with E-state index in [2.05, 4.69) is 52.1 Å². The summed E-state index contributed by atoms with van der Waals surface area (Å²) in [6, 6.07) is 9.78. The highest BCUT2D eigenvalue weighted by Gasteiger charge is 2.31. The number of rotatable bonds is 5. The van der Waals surface area contributed by atoms with E-state index in [0.717, 1.165) is 37.4 Å². The van der Waals surface area contributed by atoms with Crippen LogP contribution in [0.3, 0.4) is 0 Å². The number of likely N-dealkylation sites (N-methyl/N-ethyl adjacent to an activating group) is 1. The van der Waals surface area contributed by atoms with Crippen LogP contribution in [0.2, 0.25) is 0 Å². The first-order valence-electron chi connectivity index (χ1n) is 20.1. The number of nitrogens with one attached hydrogen (secondary N) is 6. The average Bonchev–Trinajstić information content (AvgIpc) is 3.98. The number of fused-ring (bicyclic) bond motifs is 4. The van der Waals surface area contributed by atoms with Crippen molar-refractivity contribution in [2.75, 3.05) is 13.6 Å². The number of carbonyl (C=O) groups is 7. The maximum absolute atomic E-state index is 14.5. The molecule has 1 aliphatic heterocycles. The molecular weight excluding hydrogens is 865 g/mol. The van der Waals surface area contributed by atoms with E-state index in [-0.39, 0.29) is 61.7 Å². The summed E-state index contributed by atoms with van der Waals surface area (Å²) >= 11 is 4.80. The Morgan fingerprint density at radius 1 is 0.852 bits per heavy atom. The molecule has 5 aromatic rings. The van der Waals surface area contributed by atoms with E-state index in [0.29, 0.717) is 5.01 Å². The van der Waals surface area contributed by atoms with E-state index >= 15 is 0 Å². The third-order valence-corrected chi connectivity index (χ3v) is 12.2. The number of aromatic nitrogens is 3. The fourth-order valence-corrected chi connectivity index (χ4v) is 8.73. The Labute approximate surface area is 365 Å². The van der Waals surface area contributed by atoms with Gasteiger partial charge in [-0.25, -0.2) is 4.98 Å². The van der Waals surface area contributed by atoms with Gasteiger partial charge >= 0.3 is 0 Å². The molecule has 4 heterocycles. The lowest BCUT2D eigenvalue weighted by molar-refractivity contribution is -0.133. The number of H-pyrrole nitrogens is 2. The lowest BCUT2D eigenvalue weighted by Gasteiger charge is -2.23. The summed E-state index contributed by atoms with van der Waals surface area (Å²) in [5.41, 5.74) is 3.14. The molecule has 0 unspecified atom stereocenters. The maximum Gasteiger partial charge on any atom is 0.271 e. The standard InChI is InChI=1S/C44H49BrN8O7S/c1-23(2)15-35-44(60)53(5)21-28(54)16-24(3)43-52-36(22-61-43)42(59)50-34(17-26-19-46-31-11-7-6-9-29(26)31)41(58)49-33(18-27-20-47-32-12-8-10-30(45)39(27)32)37(55)13-14-38(56)48-25(4)40(57)51-35/h6-12,15,19-20,22-25,33-34,46-47H,13-14,16-18,21H2,1-5H3,(H,48,56)(H,49,58)(H,50,59)(H,51,57)/b35-15-/t24-,25+,33-,34-/m0/s1. The van der Waals surface area contributed by atoms with Gasteiger partial charge in [-0.15, -0.1) is 11.3 Å². The number of thiazole rings is 1. The van der Waals surface area contributed by atoms with Crippen LogP contribution in [-0.2, 0) is 41.6 Å². The van der Waals surface area contributed by atoms with Crippen LogP contribution >= 0.6 is 27.3 Å². The molecule has 1 aliphatic rings. The molecule has 0 radical (unpaired) electrons. The summed E-state index contributed by atoms with van der Waals surface area (Å²) in [6.45, 7) is 6.65. The number of ketones is 2. The van der Waals surface area contributed by atoms with E-state index < -0.39 is 59.4 Å². The second-order valence-corrected chi connectivity index (χ2v) is 17.5. The second-order valence-electron chi connectivity index (χ2n) is 15.8. The van der Waals surface area contributed by atoms with Gasteiger partial charge in [0.25, 0.3) is 11.8 Å². The molecule has 17 heteroatoms. The van der Waals surface area contributed by atoms with Crippen molar-refractivity contribution in [1.82, 2.24) is 41.1 Å². The van der Waals surface area contributed by atoms with Gasteiger partial charge in [-0.1, -0.05) is 67.0 Å². The zero-order chi connectivity index (χ0) is 44.0. The van der Waals surface area contributed by atoms with Crippen LogP contribution in [0.5, 0.6) is 0 Å². The minimum absolute atomic E-state index is 0.0128. The molecule has 15 nitrogen and oxygen atoms in total. The van der Waals surface area contributed by atoms with Crippen LogP contribution in [0.15, 0.2) is 76.5 Å². The van der Waals surface area contributed by atoms with Crippen molar-refractivity contribution in [1.29, 1.82) is 0 Å². The van der Waals surface area contributed by atoms with Crippen LogP contribution in [-0.4, -0.2) is 92.7 Å². The zero-order valence-corrected chi connectivity index (χ0v) is 36.9. The molecule has 5 amide bonds. The first-order chi connectivity index (χ1) is 29.1. The summed E-state index contributed by atoms with van der Waals surface area (Å²) in [5, 5.41) is 14.7. The van der Waals surface area contributed by atoms with Gasteiger partial charge in [0.1, 0.15) is 23.5 Å². The molecule has 3 aromatic heterocycles. The number of aromatic amines is 2. The molecule has 0 aliphatic carbocycles. The SMILES string of the molecule is CC(C)/C=C1\NC(=O)[C@@H](C)NC(=O)CCC(=O)[C@H](Cc2c[nH]c3cccc(Br)c23)NC(=O)[C@H](Cc2c[nH]c3ccccc23)NC(=O)c2csc(n2)[C@@H](C)CC(=O)CN(C)C1=O. The van der Waals surface area contributed by atoms with Crippen LogP contribution in [0.1, 0.15) is 79.5 Å². The number of carbonyl (C=O) groups excluding carboxylic acids is 7. The Hall–Kier alpha value is -5.94. The summed E-state index contributed by atoms with van der Waals surface area (Å²) in [7, 11) is 1.46. The number of benzene rings is 2. The number of hydrogen-bond donors (Lipinski definition) is 6. The molecule has 61 heavy (non-hydrogen) atoms. The van der Waals surface area contributed by atoms with Crippen molar-refractivity contribution in [3.63, 3.8) is 0 Å². The van der Waals surface area contributed by atoms with E-state index in [9.17, 15) is 33.6 Å². The molecule has 4 atom stereocenters. The molecule has 0 saturated carbocycles. The van der Waals surface area contributed by atoms with Crippen LogP contribution < -0.4 is 21.3 Å². The Bertz CT molecular complexity index is 2520. The van der Waals surface area contributed by atoms with Gasteiger partial charge in [-0.05, 0) is 42.2 Å². The highest BCUT2D eigenvalue weighted by molar-refractivity contribution is 9.10. The monoisotopic (exact) mass is 912 g/mol. The van der Waals surface area contributed by atoms with Crippen molar-refractivity contribution in [3.05, 3.63) is 98.3 Å². The molecule has 0 saturated heterocycles. The highest BCUT2D eigenvalue weighted by Crippen LogP contribution is 2.29. The normalized spacial score (nSPS) is 21.7. The molecule has 0 spiro atoms. The van der Waals surface area contributed by atoms with Gasteiger partial charge in [-0.2, -0.15) is 0 Å². The third-order valence-electron chi connectivity index (χ3n) is 10.4. The number of allylic oxidation sites excluding steroid dienone is 1. The molecule has 6 rings (SSSR count). The first kappa shape index (κ1) is 44.6. The van der Waals surface area contributed by atoms with Crippen molar-refractivity contribution in [3.8, 4) is 0 Å². The summed E-state index contributed by atoms with van der Waals surface area (Å²) in [6.07, 6.45) is 4.63. The number of hydrogen-bond acceptors (Lipinski definition) is 9. The van der Waals surface area contributed by atoms with Gasteiger partial charge < -0.3 is 36.1 Å². The van der Waals surface area contributed by atoms with Gasteiger partial charge in [0.2, 0.25) is 17.7 Å². The number of para-hydroxylation sites is 1. The quantitative estimate of drug-likeness (QED) is 0.132. The smallest absolute Gasteiger partial charge is 0.271 e. The summed E-state index contributed by atoms with van der Waals surface area (Å²) in [5.74, 6) is -4.39. The second kappa shape index (κ2) is 19.6. The van der Waals surface area contributed by atoms with Crippen LogP contribution in [0, 0.1) is 5.92 Å². The van der Waals surface area contributed by atoms with E-state index in [1.54, 1.807) is 30.8 Å². The van der Waals surface area contributed by atoms with Crippen molar-refractivity contribution < 1.29 is 33.6 Å². The Kier molecular flexibility index (Phi) is 14.4. The Morgan fingerprint density at radius 3 is 2.33 bits per heavy atom. The Morgan fingerprint density at radius 2 is 1.56 bits per heavy atom. The highest BCUT2D eigenvalue weighted by atomic mass is 79.9. The van der Waals surface area contributed by atoms with E-state index in [1.165, 1.54) is 30.2 Å². The molecule has 0 fully saturated rings. The number of amides is 5. The molecule has 320 valence electrons. The molecule has 6 N–H and O–H groups in total. The lowest BCUT2D eigenvalue weighted by atomic mass is 9.97. The minimum Gasteiger partial charge on any atom is -0.361 e. The van der Waals surface area contributed by atoms with Crippen LogP contribution in [0.4, 0.5) is 0 Å². The number of Topliss-reactive ketones (excluding diaryl/α,β-unsaturated/α-hetero) is 2. The summed E-state index contributed by atoms with van der Waals surface area (Å²) in [4.78, 5) is 108. The van der Waals surface area contributed by atoms with Gasteiger partial charge in [0, 0.05) is 89.1 Å². The number of halogens is 1. The Balaban J connectivity index is 1.34. The minimum atomic E-state index is -1.17. The predicted molar refractivity (Wildman–Crippen MR) is 236 cm³/mol. The fourth-order valence-electron chi connectivity index (χ4n) is 7.25. The topological polar surface area (TPSA) is 215 Å². The fraction of sp³-hybridized carbons (Fsp3) is 0.364. The third kappa shape index (κ3) is 11.1. The van der Waals surface area contributed by atoms with E-state index in [4.69, 9.17) is 0 Å². The van der Waals surface area contributed by atoms with E-state index in [1.807, 2.05) is 56.3 Å². The first-order valence-corrected chi connectivity index (χ1v) is 21.7. The molecule has 2 bridgehead atoms. The maximum atomic E-state index is 14.5. The number of nitrogens with zero attached hydrogens (tertiary/aromatic N) is 2. The predicted octanol–water partition coefficient (Wildman–Crippen LogP) is 4.98. The van der Waals surface area contributed by atoms with Crippen LogP contribution in [0.25, 0.3) is 21.8 Å². The van der Waals surface area contributed by atoms with Gasteiger partial charge in [-0.3, -0.25) is 33.6 Å². The van der Waals surface area contributed by atoms with Gasteiger partial charge in [0.15, 0.2) is 11.6 Å². The molecular formula is C44H49BrN8O7S. The summed E-state index contributed by atoms with van der Waals surface area (Å²) < 4.78 is 0.780. The lowest BCUT2D eigenvalue weighted by Crippen LogP contribution is -2.53. The largest absolute Gasteiger partial charge is 0.361 e. The van der Waals surface area contributed by atoms with Crippen molar-refractivity contribution in [2.24, 2.45) is 5.92 Å².